The maximum absolute atomic E-state index is 10.1. The first-order valence-corrected chi connectivity index (χ1v) is 7.44. The van der Waals surface area contributed by atoms with Gasteiger partial charge in [0.15, 0.2) is 17.4 Å². The van der Waals surface area contributed by atoms with E-state index in [-0.39, 0.29) is 12.7 Å². The highest BCUT2D eigenvalue weighted by Crippen LogP contribution is 2.47. The number of nitrogens with one attached hydrogen (secondary N) is 1. The molecule has 0 saturated heterocycles. The fraction of sp³-hybridized carbons (Fsp3) is 0.0526. The third kappa shape index (κ3) is 1.66. The molecule has 0 amide bonds. The summed E-state index contributed by atoms with van der Waals surface area (Å²) in [6.07, 6.45) is 1.83. The van der Waals surface area contributed by atoms with Crippen molar-refractivity contribution < 1.29 is 14.6 Å². The predicted molar refractivity (Wildman–Crippen MR) is 89.0 cm³/mol. The van der Waals surface area contributed by atoms with E-state index in [2.05, 4.69) is 17.1 Å². The Balaban J connectivity index is 2.03. The van der Waals surface area contributed by atoms with E-state index in [1.165, 1.54) is 0 Å². The Morgan fingerprint density at radius 3 is 2.70 bits per heavy atom. The van der Waals surface area contributed by atoms with Crippen LogP contribution in [-0.2, 0) is 0 Å². The van der Waals surface area contributed by atoms with Crippen LogP contribution in [0.4, 0.5) is 0 Å². The predicted octanol–water partition coefficient (Wildman–Crippen LogP) is 4.42. The lowest BCUT2D eigenvalue weighted by Gasteiger charge is -2.11. The molecule has 0 bridgehead atoms. The molecule has 0 saturated carbocycles. The average Bonchev–Trinajstić information content (AvgIpc) is 3.21. The Bertz CT molecular complexity index is 1050. The van der Waals surface area contributed by atoms with E-state index in [0.29, 0.717) is 0 Å². The zero-order valence-corrected chi connectivity index (χ0v) is 12.2. The third-order valence-corrected chi connectivity index (χ3v) is 4.35. The average molecular weight is 303 g/mol. The molecule has 3 aromatic carbocycles. The van der Waals surface area contributed by atoms with Crippen LogP contribution >= 0.6 is 0 Å². The molecule has 1 aromatic heterocycles. The van der Waals surface area contributed by atoms with E-state index in [1.807, 2.05) is 42.6 Å². The first kappa shape index (κ1) is 12.4. The van der Waals surface area contributed by atoms with E-state index < -0.39 is 0 Å². The number of H-pyrrole nitrogens is 1. The number of hydrogen-bond acceptors (Lipinski definition) is 3. The van der Waals surface area contributed by atoms with Crippen molar-refractivity contribution in [1.82, 2.24) is 4.98 Å². The van der Waals surface area contributed by atoms with Gasteiger partial charge in [-0.1, -0.05) is 36.4 Å². The number of ether oxygens (including phenoxy) is 2. The molecule has 4 nitrogen and oxygen atoms in total. The van der Waals surface area contributed by atoms with Gasteiger partial charge in [0.05, 0.1) is 0 Å². The number of hydrogen-bond donors (Lipinski definition) is 2. The topological polar surface area (TPSA) is 54.5 Å². The molecule has 0 aliphatic carbocycles. The summed E-state index contributed by atoms with van der Waals surface area (Å²) in [5, 5.41) is 13.9. The van der Waals surface area contributed by atoms with Crippen molar-refractivity contribution in [2.45, 2.75) is 0 Å². The summed E-state index contributed by atoms with van der Waals surface area (Å²) >= 11 is 0. The van der Waals surface area contributed by atoms with Crippen molar-refractivity contribution in [3.05, 3.63) is 54.7 Å². The van der Waals surface area contributed by atoms with Gasteiger partial charge in [-0.05, 0) is 23.1 Å². The summed E-state index contributed by atoms with van der Waals surface area (Å²) in [7, 11) is 0. The summed E-state index contributed by atoms with van der Waals surface area (Å²) in [6.45, 7) is 0.235. The molecule has 2 heterocycles. The van der Waals surface area contributed by atoms with Crippen LogP contribution < -0.4 is 9.47 Å². The zero-order chi connectivity index (χ0) is 15.4. The molecule has 1 aliphatic heterocycles. The van der Waals surface area contributed by atoms with Crippen molar-refractivity contribution in [2.75, 3.05) is 6.79 Å². The van der Waals surface area contributed by atoms with Gasteiger partial charge < -0.3 is 19.6 Å². The quantitative estimate of drug-likeness (QED) is 0.547. The molecule has 0 radical (unpaired) electrons. The van der Waals surface area contributed by atoms with Gasteiger partial charge in [-0.2, -0.15) is 0 Å². The summed E-state index contributed by atoms with van der Waals surface area (Å²) in [5.74, 6) is 1.70. The molecular weight excluding hydrogens is 290 g/mol. The van der Waals surface area contributed by atoms with Gasteiger partial charge in [-0.3, -0.25) is 0 Å². The standard InChI is InChI=1S/C19H13NO3/c21-19-13-8-12-6-7-15-18(23-10-22-15)17(12)16(14(13)9-20-19)11-4-2-1-3-5-11/h1-9,20-21H,10H2. The van der Waals surface area contributed by atoms with Crippen molar-refractivity contribution >= 4 is 21.5 Å². The van der Waals surface area contributed by atoms with Crippen LogP contribution in [0.25, 0.3) is 32.7 Å². The number of benzene rings is 3. The molecule has 0 unspecified atom stereocenters. The fourth-order valence-corrected chi connectivity index (χ4v) is 3.34. The number of aromatic hydroxyl groups is 1. The Hall–Kier alpha value is -3.14. The lowest BCUT2D eigenvalue weighted by Crippen LogP contribution is -1.93. The molecule has 0 fully saturated rings. The second-order valence-corrected chi connectivity index (χ2v) is 5.61. The molecule has 4 heteroatoms. The maximum Gasteiger partial charge on any atom is 0.231 e. The highest BCUT2D eigenvalue weighted by molar-refractivity contribution is 6.16. The summed E-state index contributed by atoms with van der Waals surface area (Å²) in [6, 6.07) is 16.0. The van der Waals surface area contributed by atoms with Gasteiger partial charge in [0.25, 0.3) is 0 Å². The number of rotatable bonds is 1. The summed E-state index contributed by atoms with van der Waals surface area (Å²) < 4.78 is 11.3. The summed E-state index contributed by atoms with van der Waals surface area (Å²) in [4.78, 5) is 2.91. The van der Waals surface area contributed by atoms with Gasteiger partial charge in [-0.15, -0.1) is 0 Å². The highest BCUT2D eigenvalue weighted by Gasteiger charge is 2.22. The van der Waals surface area contributed by atoms with Gasteiger partial charge in [-0.25, -0.2) is 0 Å². The van der Waals surface area contributed by atoms with E-state index in [0.717, 1.165) is 44.2 Å². The minimum absolute atomic E-state index is 0.178. The number of fused-ring (bicyclic) bond motifs is 4. The third-order valence-electron chi connectivity index (χ3n) is 4.35. The van der Waals surface area contributed by atoms with Gasteiger partial charge in [0.1, 0.15) is 0 Å². The van der Waals surface area contributed by atoms with Crippen LogP contribution in [0.2, 0.25) is 0 Å². The smallest absolute Gasteiger partial charge is 0.231 e. The lowest BCUT2D eigenvalue weighted by molar-refractivity contribution is 0.175. The van der Waals surface area contributed by atoms with Crippen LogP contribution in [0.3, 0.4) is 0 Å². The minimum Gasteiger partial charge on any atom is -0.494 e. The molecular formula is C19H13NO3. The van der Waals surface area contributed by atoms with Crippen LogP contribution in [-0.4, -0.2) is 16.9 Å². The van der Waals surface area contributed by atoms with Crippen molar-refractivity contribution in [3.63, 3.8) is 0 Å². The highest BCUT2D eigenvalue weighted by atomic mass is 16.7. The fourth-order valence-electron chi connectivity index (χ4n) is 3.34. The minimum atomic E-state index is 0.178. The first-order valence-electron chi connectivity index (χ1n) is 7.44. The van der Waals surface area contributed by atoms with Gasteiger partial charge in [0.2, 0.25) is 6.79 Å². The molecule has 0 spiro atoms. The van der Waals surface area contributed by atoms with Crippen LogP contribution in [0, 0.1) is 0 Å². The SMILES string of the molecule is Oc1[nH]cc2c(-c3ccccc3)c3c4c(ccc3cc12)OCO4. The van der Waals surface area contributed by atoms with Crippen LogP contribution in [0.15, 0.2) is 54.7 Å². The first-order chi connectivity index (χ1) is 11.3. The van der Waals surface area contributed by atoms with Crippen LogP contribution in [0.1, 0.15) is 0 Å². The van der Waals surface area contributed by atoms with Gasteiger partial charge >= 0.3 is 0 Å². The Morgan fingerprint density at radius 2 is 1.83 bits per heavy atom. The molecule has 23 heavy (non-hydrogen) atoms. The van der Waals surface area contributed by atoms with E-state index in [1.54, 1.807) is 0 Å². The second kappa shape index (κ2) is 4.43. The monoisotopic (exact) mass is 303 g/mol. The lowest BCUT2D eigenvalue weighted by atomic mass is 9.93. The molecule has 5 rings (SSSR count). The van der Waals surface area contributed by atoms with E-state index in [9.17, 15) is 5.11 Å². The van der Waals surface area contributed by atoms with Gasteiger partial charge in [0, 0.05) is 27.9 Å². The Kier molecular flexibility index (Phi) is 2.39. The van der Waals surface area contributed by atoms with E-state index in [4.69, 9.17) is 9.47 Å². The van der Waals surface area contributed by atoms with Crippen molar-refractivity contribution in [2.24, 2.45) is 0 Å². The number of aromatic nitrogens is 1. The molecule has 2 N–H and O–H groups in total. The largest absolute Gasteiger partial charge is 0.494 e. The summed E-state index contributed by atoms with van der Waals surface area (Å²) in [5.41, 5.74) is 2.11. The molecule has 1 aliphatic rings. The Morgan fingerprint density at radius 1 is 0.957 bits per heavy atom. The molecule has 0 atom stereocenters. The van der Waals surface area contributed by atoms with Crippen molar-refractivity contribution in [1.29, 1.82) is 0 Å². The zero-order valence-electron chi connectivity index (χ0n) is 12.2. The maximum atomic E-state index is 10.1. The Labute approximate surface area is 131 Å². The molecule has 4 aromatic rings. The van der Waals surface area contributed by atoms with Crippen LogP contribution in [0.5, 0.6) is 17.4 Å². The molecule has 112 valence electrons. The second-order valence-electron chi connectivity index (χ2n) is 5.61. The van der Waals surface area contributed by atoms with E-state index >= 15 is 0 Å². The normalized spacial score (nSPS) is 13.0. The van der Waals surface area contributed by atoms with Crippen molar-refractivity contribution in [3.8, 4) is 28.5 Å². The number of aromatic amines is 1.